The van der Waals surface area contributed by atoms with Crippen LogP contribution in [-0.2, 0) is 4.79 Å². The van der Waals surface area contributed by atoms with Crippen molar-refractivity contribution in [1.29, 1.82) is 0 Å². The number of nitrogens with one attached hydrogen (secondary N) is 2. The van der Waals surface area contributed by atoms with E-state index in [1.807, 2.05) is 6.92 Å². The van der Waals surface area contributed by atoms with Gasteiger partial charge in [0.2, 0.25) is 5.91 Å². The van der Waals surface area contributed by atoms with Crippen LogP contribution in [0.2, 0.25) is 5.02 Å². The number of hydrogen-bond acceptors (Lipinski definition) is 2. The third-order valence-corrected chi connectivity index (χ3v) is 3.99. The summed E-state index contributed by atoms with van der Waals surface area (Å²) in [5.74, 6) is -0.311. The molecule has 1 aliphatic heterocycles. The second-order valence-electron chi connectivity index (χ2n) is 4.43. The van der Waals surface area contributed by atoms with Gasteiger partial charge in [-0.3, -0.25) is 4.79 Å². The van der Waals surface area contributed by atoms with E-state index in [9.17, 15) is 9.18 Å². The molecule has 2 atom stereocenters. The summed E-state index contributed by atoms with van der Waals surface area (Å²) in [5, 5.41) is 6.04. The summed E-state index contributed by atoms with van der Waals surface area (Å²) in [6, 6.07) is 2.22. The maximum absolute atomic E-state index is 13.1. The minimum atomic E-state index is -0.447. The number of halogens is 3. The molecule has 2 rings (SSSR count). The molecule has 6 heteroatoms. The van der Waals surface area contributed by atoms with E-state index >= 15 is 0 Å². The molecule has 1 heterocycles. The van der Waals surface area contributed by atoms with E-state index < -0.39 is 5.82 Å². The van der Waals surface area contributed by atoms with Crippen molar-refractivity contribution in [3.63, 3.8) is 0 Å². The highest BCUT2D eigenvalue weighted by molar-refractivity contribution is 9.10. The SMILES string of the molecule is CC1CCNC1C(=O)Nc1c(Cl)cc(F)cc1Br. The highest BCUT2D eigenvalue weighted by atomic mass is 79.9. The van der Waals surface area contributed by atoms with Gasteiger partial charge >= 0.3 is 0 Å². The van der Waals surface area contributed by atoms with Gasteiger partial charge in [0.1, 0.15) is 5.82 Å². The van der Waals surface area contributed by atoms with Crippen LogP contribution < -0.4 is 10.6 Å². The van der Waals surface area contributed by atoms with Gasteiger partial charge in [0.15, 0.2) is 0 Å². The maximum Gasteiger partial charge on any atom is 0.241 e. The average molecular weight is 336 g/mol. The molecule has 0 aliphatic carbocycles. The molecule has 0 radical (unpaired) electrons. The lowest BCUT2D eigenvalue weighted by molar-refractivity contribution is -0.118. The van der Waals surface area contributed by atoms with Crippen LogP contribution in [0.15, 0.2) is 16.6 Å². The summed E-state index contributed by atoms with van der Waals surface area (Å²) in [4.78, 5) is 12.1. The zero-order valence-electron chi connectivity index (χ0n) is 9.77. The van der Waals surface area contributed by atoms with Crippen LogP contribution in [0, 0.1) is 11.7 Å². The van der Waals surface area contributed by atoms with Gasteiger partial charge < -0.3 is 10.6 Å². The van der Waals surface area contributed by atoms with Crippen LogP contribution in [0.25, 0.3) is 0 Å². The predicted octanol–water partition coefficient (Wildman–Crippen LogP) is 3.18. The topological polar surface area (TPSA) is 41.1 Å². The lowest BCUT2D eigenvalue weighted by Crippen LogP contribution is -2.39. The quantitative estimate of drug-likeness (QED) is 0.871. The molecule has 1 amide bonds. The van der Waals surface area contributed by atoms with Gasteiger partial charge in [-0.05, 0) is 46.9 Å². The first-order valence-corrected chi connectivity index (χ1v) is 6.85. The fourth-order valence-electron chi connectivity index (χ4n) is 2.05. The summed E-state index contributed by atoms with van der Waals surface area (Å²) in [6.45, 7) is 2.85. The molecule has 1 fully saturated rings. The molecule has 98 valence electrons. The molecule has 18 heavy (non-hydrogen) atoms. The molecule has 2 unspecified atom stereocenters. The number of hydrogen-bond donors (Lipinski definition) is 2. The zero-order chi connectivity index (χ0) is 13.3. The molecule has 0 saturated carbocycles. The van der Waals surface area contributed by atoms with E-state index in [-0.39, 0.29) is 22.9 Å². The van der Waals surface area contributed by atoms with E-state index in [4.69, 9.17) is 11.6 Å². The monoisotopic (exact) mass is 334 g/mol. The first kappa shape index (κ1) is 13.8. The van der Waals surface area contributed by atoms with E-state index in [0.29, 0.717) is 10.2 Å². The van der Waals surface area contributed by atoms with Gasteiger partial charge in [0.05, 0.1) is 16.8 Å². The Balaban J connectivity index is 2.17. The average Bonchev–Trinajstić information content (AvgIpc) is 2.69. The van der Waals surface area contributed by atoms with Crippen LogP contribution in [-0.4, -0.2) is 18.5 Å². The number of carbonyl (C=O) groups is 1. The third kappa shape index (κ3) is 2.84. The van der Waals surface area contributed by atoms with Crippen molar-refractivity contribution in [2.24, 2.45) is 5.92 Å². The van der Waals surface area contributed by atoms with Crippen LogP contribution in [0.4, 0.5) is 10.1 Å². The van der Waals surface area contributed by atoms with Crippen LogP contribution in [0.3, 0.4) is 0 Å². The van der Waals surface area contributed by atoms with Crippen molar-refractivity contribution in [2.45, 2.75) is 19.4 Å². The third-order valence-electron chi connectivity index (χ3n) is 3.07. The van der Waals surface area contributed by atoms with Crippen molar-refractivity contribution in [2.75, 3.05) is 11.9 Å². The minimum absolute atomic E-state index is 0.144. The number of amides is 1. The molecular weight excluding hydrogens is 322 g/mol. The van der Waals surface area contributed by atoms with E-state index in [1.54, 1.807) is 0 Å². The second-order valence-corrected chi connectivity index (χ2v) is 5.69. The number of anilines is 1. The zero-order valence-corrected chi connectivity index (χ0v) is 12.1. The molecule has 0 spiro atoms. The normalized spacial score (nSPS) is 23.1. The summed E-state index contributed by atoms with van der Waals surface area (Å²) in [6.07, 6.45) is 0.969. The Kier molecular flexibility index (Phi) is 4.25. The molecule has 3 nitrogen and oxygen atoms in total. The van der Waals surface area contributed by atoms with Gasteiger partial charge in [-0.15, -0.1) is 0 Å². The smallest absolute Gasteiger partial charge is 0.241 e. The van der Waals surface area contributed by atoms with Gasteiger partial charge in [0, 0.05) is 4.47 Å². The van der Waals surface area contributed by atoms with Gasteiger partial charge in [0.25, 0.3) is 0 Å². The Labute approximate surface area is 118 Å². The molecule has 1 aliphatic rings. The van der Waals surface area contributed by atoms with Crippen molar-refractivity contribution in [3.05, 3.63) is 27.4 Å². The summed E-state index contributed by atoms with van der Waals surface area (Å²) in [7, 11) is 0. The molecule has 0 aromatic heterocycles. The standard InChI is InChI=1S/C12H13BrClFN2O/c1-6-2-3-16-10(6)12(18)17-11-8(13)4-7(15)5-9(11)14/h4-6,10,16H,2-3H2,1H3,(H,17,18). The molecule has 0 bridgehead atoms. The number of carbonyl (C=O) groups excluding carboxylic acids is 1. The van der Waals surface area contributed by atoms with Crippen molar-refractivity contribution >= 4 is 39.1 Å². The molecule has 1 saturated heterocycles. The Bertz CT molecular complexity index is 460. The maximum atomic E-state index is 13.1. The summed E-state index contributed by atoms with van der Waals surface area (Å²) in [5.41, 5.74) is 0.406. The van der Waals surface area contributed by atoms with E-state index in [1.165, 1.54) is 12.1 Å². The van der Waals surface area contributed by atoms with Crippen LogP contribution >= 0.6 is 27.5 Å². The highest BCUT2D eigenvalue weighted by Gasteiger charge is 2.29. The minimum Gasteiger partial charge on any atom is -0.322 e. The van der Waals surface area contributed by atoms with Gasteiger partial charge in [-0.1, -0.05) is 18.5 Å². The van der Waals surface area contributed by atoms with Crippen molar-refractivity contribution < 1.29 is 9.18 Å². The lowest BCUT2D eigenvalue weighted by atomic mass is 10.0. The van der Waals surface area contributed by atoms with E-state index in [0.717, 1.165) is 13.0 Å². The first-order valence-electron chi connectivity index (χ1n) is 5.68. The van der Waals surface area contributed by atoms with Crippen molar-refractivity contribution in [1.82, 2.24) is 5.32 Å². The first-order chi connectivity index (χ1) is 8.49. The number of rotatable bonds is 2. The predicted molar refractivity (Wildman–Crippen MR) is 73.3 cm³/mol. The summed E-state index contributed by atoms with van der Waals surface area (Å²) >= 11 is 9.11. The number of benzene rings is 1. The fourth-order valence-corrected chi connectivity index (χ4v) is 2.95. The Morgan fingerprint density at radius 3 is 2.89 bits per heavy atom. The molecular formula is C12H13BrClFN2O. The summed E-state index contributed by atoms with van der Waals surface area (Å²) < 4.78 is 13.5. The van der Waals surface area contributed by atoms with Crippen LogP contribution in [0.5, 0.6) is 0 Å². The second kappa shape index (κ2) is 5.55. The molecule has 1 aromatic carbocycles. The Morgan fingerprint density at radius 1 is 1.61 bits per heavy atom. The van der Waals surface area contributed by atoms with Crippen LogP contribution in [0.1, 0.15) is 13.3 Å². The fraction of sp³-hybridized carbons (Fsp3) is 0.417. The van der Waals surface area contributed by atoms with E-state index in [2.05, 4.69) is 26.6 Å². The Hall–Kier alpha value is -0.650. The highest BCUT2D eigenvalue weighted by Crippen LogP contribution is 2.32. The lowest BCUT2D eigenvalue weighted by Gasteiger charge is -2.17. The van der Waals surface area contributed by atoms with Crippen molar-refractivity contribution in [3.8, 4) is 0 Å². The molecule has 1 aromatic rings. The van der Waals surface area contributed by atoms with Gasteiger partial charge in [-0.2, -0.15) is 0 Å². The largest absolute Gasteiger partial charge is 0.322 e. The van der Waals surface area contributed by atoms with Gasteiger partial charge in [-0.25, -0.2) is 4.39 Å². The molecule has 2 N–H and O–H groups in total. The Morgan fingerprint density at radius 2 is 2.33 bits per heavy atom.